The monoisotopic (exact) mass is 293 g/mol. The highest BCUT2D eigenvalue weighted by Gasteiger charge is 2.19. The van der Waals surface area contributed by atoms with E-state index in [1.807, 2.05) is 6.07 Å². The largest absolute Gasteiger partial charge is 0.430 e. The van der Waals surface area contributed by atoms with Gasteiger partial charge in [0.05, 0.1) is 16.6 Å². The molecule has 20 heavy (non-hydrogen) atoms. The maximum absolute atomic E-state index is 13.0. The second-order valence-corrected chi connectivity index (χ2v) is 3.94. The summed E-state index contributed by atoms with van der Waals surface area (Å²) < 4.78 is 18.2. The van der Waals surface area contributed by atoms with Gasteiger partial charge in [0, 0.05) is 6.20 Å². The molecule has 0 amide bonds. The van der Waals surface area contributed by atoms with Crippen molar-refractivity contribution in [1.29, 1.82) is 5.26 Å². The lowest BCUT2D eigenvalue weighted by molar-refractivity contribution is -0.385. The van der Waals surface area contributed by atoms with Gasteiger partial charge < -0.3 is 4.74 Å². The van der Waals surface area contributed by atoms with Crippen LogP contribution in [-0.2, 0) is 0 Å². The van der Waals surface area contributed by atoms with Crippen molar-refractivity contribution in [1.82, 2.24) is 4.98 Å². The first-order valence-corrected chi connectivity index (χ1v) is 5.57. The number of rotatable bonds is 3. The Hall–Kier alpha value is -2.72. The molecule has 6 nitrogen and oxygen atoms in total. The number of aromatic nitrogens is 1. The fraction of sp³-hybridized carbons (Fsp3) is 0. The first kappa shape index (κ1) is 13.7. The molecule has 0 aliphatic rings. The van der Waals surface area contributed by atoms with E-state index in [0.717, 1.165) is 18.2 Å². The number of hydrogen-bond acceptors (Lipinski definition) is 5. The van der Waals surface area contributed by atoms with Crippen LogP contribution in [0.5, 0.6) is 11.6 Å². The Labute approximate surface area is 117 Å². The second kappa shape index (κ2) is 5.50. The second-order valence-electron chi connectivity index (χ2n) is 3.56. The predicted molar refractivity (Wildman–Crippen MR) is 67.1 cm³/mol. The zero-order valence-corrected chi connectivity index (χ0v) is 10.5. The zero-order valence-electron chi connectivity index (χ0n) is 9.71. The minimum atomic E-state index is -0.791. The highest BCUT2D eigenvalue weighted by molar-refractivity contribution is 6.33. The number of nitro benzene ring substituents is 1. The standard InChI is InChI=1S/C12H5ClFN3O3/c13-11-7(6-15)3-4-16-12(11)20-10-2-1-8(14)5-9(10)17(18)19/h1-5H. The van der Waals surface area contributed by atoms with Crippen molar-refractivity contribution >= 4 is 17.3 Å². The van der Waals surface area contributed by atoms with E-state index in [9.17, 15) is 14.5 Å². The van der Waals surface area contributed by atoms with Gasteiger partial charge >= 0.3 is 5.69 Å². The van der Waals surface area contributed by atoms with Crippen molar-refractivity contribution in [2.45, 2.75) is 0 Å². The third-order valence-corrected chi connectivity index (χ3v) is 2.67. The first-order valence-electron chi connectivity index (χ1n) is 5.19. The van der Waals surface area contributed by atoms with Gasteiger partial charge in [0.2, 0.25) is 11.6 Å². The van der Waals surface area contributed by atoms with Crippen LogP contribution in [0, 0.1) is 27.3 Å². The van der Waals surface area contributed by atoms with Crippen molar-refractivity contribution in [3.05, 3.63) is 57.0 Å². The molecule has 0 saturated heterocycles. The van der Waals surface area contributed by atoms with Crippen LogP contribution in [0.3, 0.4) is 0 Å². The van der Waals surface area contributed by atoms with E-state index in [2.05, 4.69) is 4.98 Å². The number of ether oxygens (including phenoxy) is 1. The van der Waals surface area contributed by atoms with Crippen molar-refractivity contribution in [2.75, 3.05) is 0 Å². The topological polar surface area (TPSA) is 89.0 Å². The molecule has 0 aliphatic heterocycles. The molecular formula is C12H5ClFN3O3. The van der Waals surface area contributed by atoms with Crippen molar-refractivity contribution in [3.8, 4) is 17.7 Å². The zero-order chi connectivity index (χ0) is 14.7. The van der Waals surface area contributed by atoms with E-state index < -0.39 is 16.4 Å². The summed E-state index contributed by atoms with van der Waals surface area (Å²) in [6, 6.07) is 6.00. The molecule has 100 valence electrons. The molecule has 2 rings (SSSR count). The molecule has 2 aromatic rings. The fourth-order valence-electron chi connectivity index (χ4n) is 1.41. The number of nitro groups is 1. The average molecular weight is 294 g/mol. The summed E-state index contributed by atoms with van der Waals surface area (Å²) in [6.07, 6.45) is 1.27. The molecule has 1 aromatic carbocycles. The maximum Gasteiger partial charge on any atom is 0.314 e. The van der Waals surface area contributed by atoms with E-state index in [4.69, 9.17) is 21.6 Å². The summed E-state index contributed by atoms with van der Waals surface area (Å²) in [5.41, 5.74) is -0.452. The molecule has 1 heterocycles. The van der Waals surface area contributed by atoms with Gasteiger partial charge in [-0.25, -0.2) is 9.37 Å². The Bertz CT molecular complexity index is 730. The molecule has 0 saturated carbocycles. The number of halogens is 2. The van der Waals surface area contributed by atoms with E-state index in [-0.39, 0.29) is 22.2 Å². The molecule has 0 spiro atoms. The van der Waals surface area contributed by atoms with Crippen LogP contribution in [0.2, 0.25) is 5.02 Å². The summed E-state index contributed by atoms with van der Waals surface area (Å²) in [5.74, 6) is -1.16. The number of pyridine rings is 1. The van der Waals surface area contributed by atoms with Gasteiger partial charge in [0.1, 0.15) is 16.9 Å². The van der Waals surface area contributed by atoms with Crippen molar-refractivity contribution in [3.63, 3.8) is 0 Å². The third kappa shape index (κ3) is 2.65. The summed E-state index contributed by atoms with van der Waals surface area (Å²) in [4.78, 5) is 13.8. The van der Waals surface area contributed by atoms with Gasteiger partial charge in [-0.1, -0.05) is 11.6 Å². The molecule has 8 heteroatoms. The SMILES string of the molecule is N#Cc1ccnc(Oc2ccc(F)cc2[N+](=O)[O-])c1Cl. The van der Waals surface area contributed by atoms with E-state index >= 15 is 0 Å². The van der Waals surface area contributed by atoms with Crippen LogP contribution in [0.4, 0.5) is 10.1 Å². The van der Waals surface area contributed by atoms with Gasteiger partial charge in [-0.3, -0.25) is 10.1 Å². The summed E-state index contributed by atoms with van der Waals surface area (Å²) in [5, 5.41) is 19.6. The highest BCUT2D eigenvalue weighted by atomic mass is 35.5. The third-order valence-electron chi connectivity index (χ3n) is 2.30. The molecule has 1 aromatic heterocycles. The van der Waals surface area contributed by atoms with Crippen LogP contribution < -0.4 is 4.74 Å². The van der Waals surface area contributed by atoms with Gasteiger partial charge in [0.15, 0.2) is 0 Å². The lowest BCUT2D eigenvalue weighted by Gasteiger charge is -2.07. The highest BCUT2D eigenvalue weighted by Crippen LogP contribution is 2.34. The minimum Gasteiger partial charge on any atom is -0.430 e. The molecule has 0 radical (unpaired) electrons. The van der Waals surface area contributed by atoms with E-state index in [0.29, 0.717) is 0 Å². The van der Waals surface area contributed by atoms with Crippen LogP contribution >= 0.6 is 11.6 Å². The molecule has 0 atom stereocenters. The van der Waals surface area contributed by atoms with Crippen molar-refractivity contribution in [2.24, 2.45) is 0 Å². The summed E-state index contributed by atoms with van der Waals surface area (Å²) >= 11 is 5.87. The maximum atomic E-state index is 13.0. The molecular weight excluding hydrogens is 289 g/mol. The molecule has 0 aliphatic carbocycles. The summed E-state index contributed by atoms with van der Waals surface area (Å²) in [6.45, 7) is 0. The smallest absolute Gasteiger partial charge is 0.314 e. The quantitative estimate of drug-likeness (QED) is 0.638. The number of nitriles is 1. The normalized spacial score (nSPS) is 9.85. The Morgan fingerprint density at radius 2 is 2.20 bits per heavy atom. The lowest BCUT2D eigenvalue weighted by atomic mass is 10.3. The minimum absolute atomic E-state index is 0.0753. The Balaban J connectivity index is 2.46. The van der Waals surface area contributed by atoms with Gasteiger partial charge in [-0.15, -0.1) is 0 Å². The van der Waals surface area contributed by atoms with Gasteiger partial charge in [0.25, 0.3) is 0 Å². The Morgan fingerprint density at radius 1 is 1.45 bits per heavy atom. The summed E-state index contributed by atoms with van der Waals surface area (Å²) in [7, 11) is 0. The predicted octanol–water partition coefficient (Wildman–Crippen LogP) is 3.45. The van der Waals surface area contributed by atoms with Gasteiger partial charge in [-0.05, 0) is 18.2 Å². The Kier molecular flexibility index (Phi) is 3.77. The fourth-order valence-corrected chi connectivity index (χ4v) is 1.60. The first-order chi connectivity index (χ1) is 9.52. The lowest BCUT2D eigenvalue weighted by Crippen LogP contribution is -1.96. The van der Waals surface area contributed by atoms with Crippen LogP contribution in [0.1, 0.15) is 5.56 Å². The van der Waals surface area contributed by atoms with E-state index in [1.165, 1.54) is 12.3 Å². The molecule has 0 unspecified atom stereocenters. The molecule has 0 N–H and O–H groups in total. The van der Waals surface area contributed by atoms with Crippen molar-refractivity contribution < 1.29 is 14.1 Å². The number of hydrogen-bond donors (Lipinski definition) is 0. The van der Waals surface area contributed by atoms with E-state index in [1.54, 1.807) is 0 Å². The Morgan fingerprint density at radius 3 is 2.85 bits per heavy atom. The molecule has 0 fully saturated rings. The molecule has 0 bridgehead atoms. The van der Waals surface area contributed by atoms with Crippen LogP contribution in [0.15, 0.2) is 30.5 Å². The van der Waals surface area contributed by atoms with Crippen LogP contribution in [0.25, 0.3) is 0 Å². The average Bonchev–Trinajstić information content (AvgIpc) is 2.42. The number of benzene rings is 1. The van der Waals surface area contributed by atoms with Crippen LogP contribution in [-0.4, -0.2) is 9.91 Å². The van der Waals surface area contributed by atoms with Gasteiger partial charge in [-0.2, -0.15) is 5.26 Å². The number of nitrogens with zero attached hydrogens (tertiary/aromatic N) is 3.